The molecule has 1 heterocycles. The Morgan fingerprint density at radius 1 is 1.20 bits per heavy atom. The van der Waals surface area contributed by atoms with Crippen molar-refractivity contribution >= 4 is 11.9 Å². The third kappa shape index (κ3) is 6.31. The summed E-state index contributed by atoms with van der Waals surface area (Å²) in [6.45, 7) is 2.35. The predicted octanol–water partition coefficient (Wildman–Crippen LogP) is 0.178. The van der Waals surface area contributed by atoms with E-state index in [1.165, 1.54) is 0 Å². The van der Waals surface area contributed by atoms with Gasteiger partial charge in [-0.1, -0.05) is 0 Å². The number of nitrogens with one attached hydrogen (secondary N) is 1. The molecule has 116 valence electrons. The molecule has 1 aliphatic heterocycles. The van der Waals surface area contributed by atoms with Gasteiger partial charge in [0.05, 0.1) is 13.2 Å². The number of carbonyl (C=O) groups excluding carboxylic acids is 1. The highest BCUT2D eigenvalue weighted by atomic mass is 16.5. The van der Waals surface area contributed by atoms with Gasteiger partial charge >= 0.3 is 5.97 Å². The van der Waals surface area contributed by atoms with E-state index in [1.54, 1.807) is 7.11 Å². The number of unbranched alkanes of at least 4 members (excludes halogenated alkanes) is 1. The Kier molecular flexibility index (Phi) is 8.17. The van der Waals surface area contributed by atoms with Gasteiger partial charge in [-0.15, -0.1) is 0 Å². The van der Waals surface area contributed by atoms with Crippen LogP contribution < -0.4 is 5.32 Å². The van der Waals surface area contributed by atoms with Crippen LogP contribution in [0.25, 0.3) is 0 Å². The van der Waals surface area contributed by atoms with Crippen molar-refractivity contribution in [2.45, 2.75) is 37.9 Å². The molecular weight excluding hydrogens is 266 g/mol. The number of hydrogen-bond acceptors (Lipinski definition) is 5. The van der Waals surface area contributed by atoms with Crippen LogP contribution in [0.2, 0.25) is 0 Å². The van der Waals surface area contributed by atoms with E-state index >= 15 is 0 Å². The molecule has 0 spiro atoms. The van der Waals surface area contributed by atoms with Crippen molar-refractivity contribution in [2.75, 3.05) is 33.5 Å². The van der Waals surface area contributed by atoms with Crippen molar-refractivity contribution in [3.8, 4) is 0 Å². The molecule has 2 N–H and O–H groups in total. The Balaban J connectivity index is 1.99. The maximum atomic E-state index is 11.7. The van der Waals surface area contributed by atoms with E-state index in [0.717, 1.165) is 12.8 Å². The first-order valence-electron chi connectivity index (χ1n) is 6.87. The molecule has 0 aromatic rings. The van der Waals surface area contributed by atoms with Gasteiger partial charge in [-0.25, -0.2) is 4.79 Å². The molecule has 1 amide bonds. The largest absolute Gasteiger partial charge is 0.479 e. The Bertz CT molecular complexity index is 309. The van der Waals surface area contributed by atoms with Gasteiger partial charge in [0.25, 0.3) is 0 Å². The summed E-state index contributed by atoms with van der Waals surface area (Å²) in [5.41, 5.74) is 0. The van der Waals surface area contributed by atoms with E-state index < -0.39 is 18.2 Å². The summed E-state index contributed by atoms with van der Waals surface area (Å²) in [5, 5.41) is 11.5. The second kappa shape index (κ2) is 9.68. The number of methoxy groups -OCH3 is 1. The zero-order chi connectivity index (χ0) is 14.8. The lowest BCUT2D eigenvalue weighted by Gasteiger charge is -2.11. The van der Waals surface area contributed by atoms with Crippen LogP contribution in [0.1, 0.15) is 25.7 Å². The van der Waals surface area contributed by atoms with E-state index in [1.807, 2.05) is 0 Å². The van der Waals surface area contributed by atoms with Gasteiger partial charge in [0, 0.05) is 20.3 Å². The molecule has 0 saturated carbocycles. The van der Waals surface area contributed by atoms with Crippen molar-refractivity contribution in [1.82, 2.24) is 5.32 Å². The molecule has 1 saturated heterocycles. The van der Waals surface area contributed by atoms with Crippen LogP contribution in [0.3, 0.4) is 0 Å². The summed E-state index contributed by atoms with van der Waals surface area (Å²) >= 11 is 0. The maximum Gasteiger partial charge on any atom is 0.332 e. The van der Waals surface area contributed by atoms with E-state index in [4.69, 9.17) is 19.3 Å². The fraction of sp³-hybridized carbons (Fsp3) is 0.846. The molecule has 1 fully saturated rings. The Hall–Kier alpha value is -1.18. The van der Waals surface area contributed by atoms with Gasteiger partial charge in [0.15, 0.2) is 6.10 Å². The molecule has 1 rings (SSSR count). The van der Waals surface area contributed by atoms with Crippen LogP contribution >= 0.6 is 0 Å². The van der Waals surface area contributed by atoms with Crippen LogP contribution in [0, 0.1) is 0 Å². The lowest BCUT2D eigenvalue weighted by atomic mass is 10.2. The minimum Gasteiger partial charge on any atom is -0.479 e. The topological polar surface area (TPSA) is 94.1 Å². The quantitative estimate of drug-likeness (QED) is 0.557. The molecule has 20 heavy (non-hydrogen) atoms. The van der Waals surface area contributed by atoms with Gasteiger partial charge in [-0.3, -0.25) is 4.79 Å². The monoisotopic (exact) mass is 289 g/mol. The molecule has 7 heteroatoms. The zero-order valence-corrected chi connectivity index (χ0v) is 11.8. The predicted molar refractivity (Wildman–Crippen MR) is 70.5 cm³/mol. The van der Waals surface area contributed by atoms with E-state index in [-0.39, 0.29) is 5.91 Å². The van der Waals surface area contributed by atoms with Gasteiger partial charge in [-0.05, 0) is 25.7 Å². The summed E-state index contributed by atoms with van der Waals surface area (Å²) in [4.78, 5) is 22.4. The molecule has 0 radical (unpaired) electrons. The molecule has 0 aromatic carbocycles. The van der Waals surface area contributed by atoms with Crippen molar-refractivity contribution < 1.29 is 28.9 Å². The number of carboxylic acid groups (broad SMARTS) is 1. The molecule has 2 atom stereocenters. The maximum absolute atomic E-state index is 11.7. The number of hydrogen-bond donors (Lipinski definition) is 2. The number of rotatable bonds is 10. The van der Waals surface area contributed by atoms with Crippen LogP contribution in [0.4, 0.5) is 0 Å². The number of carbonyl (C=O) groups is 2. The van der Waals surface area contributed by atoms with Crippen molar-refractivity contribution in [2.24, 2.45) is 0 Å². The second-order valence-electron chi connectivity index (χ2n) is 4.63. The highest BCUT2D eigenvalue weighted by molar-refractivity contribution is 5.82. The number of carboxylic acids is 1. The first-order valence-corrected chi connectivity index (χ1v) is 6.87. The SMILES string of the molecule is COCCOCCCCNC(=O)C1CCC(C(=O)O)O1. The standard InChI is InChI=1S/C13H23NO6/c1-18-8-9-19-7-3-2-6-14-12(15)10-4-5-11(20-10)13(16)17/h10-11H,2-9H2,1H3,(H,14,15)(H,16,17). The molecule has 0 bridgehead atoms. The molecule has 1 aliphatic rings. The molecule has 7 nitrogen and oxygen atoms in total. The fourth-order valence-electron chi connectivity index (χ4n) is 1.91. The number of amides is 1. The Labute approximate surface area is 118 Å². The minimum absolute atomic E-state index is 0.228. The molecule has 2 unspecified atom stereocenters. The van der Waals surface area contributed by atoms with Gasteiger partial charge in [0.1, 0.15) is 6.10 Å². The van der Waals surface area contributed by atoms with Crippen LogP contribution in [0.5, 0.6) is 0 Å². The Morgan fingerprint density at radius 3 is 2.60 bits per heavy atom. The van der Waals surface area contributed by atoms with Crippen LogP contribution in [0.15, 0.2) is 0 Å². The molecular formula is C13H23NO6. The fourth-order valence-corrected chi connectivity index (χ4v) is 1.91. The normalized spacial score (nSPS) is 21.9. The van der Waals surface area contributed by atoms with Crippen molar-refractivity contribution in [3.05, 3.63) is 0 Å². The lowest BCUT2D eigenvalue weighted by Crippen LogP contribution is -2.36. The number of aliphatic carboxylic acids is 1. The summed E-state index contributed by atoms with van der Waals surface area (Å²) in [6.07, 6.45) is 1.04. The van der Waals surface area contributed by atoms with Gasteiger partial charge in [0.2, 0.25) is 5.91 Å². The first-order chi connectivity index (χ1) is 9.65. The van der Waals surface area contributed by atoms with Crippen LogP contribution in [-0.4, -0.2) is 62.7 Å². The van der Waals surface area contributed by atoms with E-state index in [9.17, 15) is 9.59 Å². The summed E-state index contributed by atoms with van der Waals surface area (Å²) in [6, 6.07) is 0. The van der Waals surface area contributed by atoms with Crippen molar-refractivity contribution in [3.63, 3.8) is 0 Å². The van der Waals surface area contributed by atoms with Gasteiger partial charge in [-0.2, -0.15) is 0 Å². The van der Waals surface area contributed by atoms with Gasteiger partial charge < -0.3 is 24.6 Å². The minimum atomic E-state index is -1.01. The third-order valence-electron chi connectivity index (χ3n) is 3.03. The third-order valence-corrected chi connectivity index (χ3v) is 3.03. The molecule has 0 aliphatic carbocycles. The van der Waals surface area contributed by atoms with Crippen LogP contribution in [-0.2, 0) is 23.8 Å². The van der Waals surface area contributed by atoms with E-state index in [0.29, 0.717) is 39.2 Å². The smallest absolute Gasteiger partial charge is 0.332 e. The zero-order valence-electron chi connectivity index (χ0n) is 11.8. The second-order valence-corrected chi connectivity index (χ2v) is 4.63. The number of ether oxygens (including phenoxy) is 3. The average Bonchev–Trinajstić information content (AvgIpc) is 2.91. The summed E-state index contributed by atoms with van der Waals surface area (Å²) in [7, 11) is 1.62. The lowest BCUT2D eigenvalue weighted by molar-refractivity contribution is -0.151. The highest BCUT2D eigenvalue weighted by Gasteiger charge is 2.34. The van der Waals surface area contributed by atoms with Crippen molar-refractivity contribution in [1.29, 1.82) is 0 Å². The highest BCUT2D eigenvalue weighted by Crippen LogP contribution is 2.19. The summed E-state index contributed by atoms with van der Waals surface area (Å²) in [5.74, 6) is -1.23. The first kappa shape index (κ1) is 16.9. The van der Waals surface area contributed by atoms with E-state index in [2.05, 4.69) is 5.32 Å². The Morgan fingerprint density at radius 2 is 1.95 bits per heavy atom. The average molecular weight is 289 g/mol. The molecule has 0 aromatic heterocycles. The summed E-state index contributed by atoms with van der Waals surface area (Å²) < 4.78 is 15.3.